The second-order valence-corrected chi connectivity index (χ2v) is 7.70. The molecule has 0 unspecified atom stereocenters. The average Bonchev–Trinajstić information content (AvgIpc) is 2.84. The first kappa shape index (κ1) is 21.3. The van der Waals surface area contributed by atoms with Crippen LogP contribution in [0.1, 0.15) is 16.7 Å². The van der Waals surface area contributed by atoms with Gasteiger partial charge in [0.2, 0.25) is 6.29 Å². The Balaban J connectivity index is 1.59. The molecule has 3 aromatic carbocycles. The second kappa shape index (κ2) is 10.9. The Kier molecular flexibility index (Phi) is 7.51. The lowest BCUT2D eigenvalue weighted by Gasteiger charge is -2.41. The van der Waals surface area contributed by atoms with Gasteiger partial charge in [-0.15, -0.1) is 0 Å². The average molecular weight is 416 g/mol. The van der Waals surface area contributed by atoms with Crippen molar-refractivity contribution in [2.75, 3.05) is 7.11 Å². The molecule has 0 aliphatic carbocycles. The van der Waals surface area contributed by atoms with E-state index in [4.69, 9.17) is 14.2 Å². The van der Waals surface area contributed by atoms with E-state index in [0.717, 1.165) is 18.7 Å². The van der Waals surface area contributed by atoms with Gasteiger partial charge in [0, 0.05) is 20.2 Å². The summed E-state index contributed by atoms with van der Waals surface area (Å²) in [4.78, 5) is 2.39. The zero-order valence-corrected chi connectivity index (χ0v) is 17.8. The third kappa shape index (κ3) is 5.82. The lowest BCUT2D eigenvalue weighted by Crippen LogP contribution is -2.53. The third-order valence-corrected chi connectivity index (χ3v) is 5.49. The van der Waals surface area contributed by atoms with Crippen molar-refractivity contribution >= 4 is 0 Å². The molecule has 0 aromatic heterocycles. The number of ether oxygens (including phenoxy) is 3. The normalized spacial score (nSPS) is 20.5. The molecular formula is C27H29NO3. The van der Waals surface area contributed by atoms with Gasteiger partial charge in [0.1, 0.15) is 12.1 Å². The summed E-state index contributed by atoms with van der Waals surface area (Å²) in [5.41, 5.74) is 3.63. The van der Waals surface area contributed by atoms with Crippen molar-refractivity contribution in [3.63, 3.8) is 0 Å². The van der Waals surface area contributed by atoms with Gasteiger partial charge in [0.15, 0.2) is 0 Å². The molecule has 0 radical (unpaired) electrons. The first-order valence-corrected chi connectivity index (χ1v) is 10.7. The number of nitrogens with zero attached hydrogens (tertiary/aromatic N) is 1. The van der Waals surface area contributed by atoms with Crippen LogP contribution in [0.15, 0.2) is 103 Å². The quantitative estimate of drug-likeness (QED) is 0.483. The number of benzene rings is 3. The maximum Gasteiger partial charge on any atom is 0.217 e. The summed E-state index contributed by atoms with van der Waals surface area (Å²) >= 11 is 0. The zero-order valence-electron chi connectivity index (χ0n) is 17.8. The van der Waals surface area contributed by atoms with E-state index in [1.807, 2.05) is 36.4 Å². The van der Waals surface area contributed by atoms with Crippen molar-refractivity contribution in [1.82, 2.24) is 4.90 Å². The molecule has 0 spiro atoms. The Labute approximate surface area is 184 Å². The summed E-state index contributed by atoms with van der Waals surface area (Å²) in [6, 6.07) is 31.1. The van der Waals surface area contributed by atoms with E-state index in [9.17, 15) is 0 Å². The Morgan fingerprint density at radius 3 is 1.77 bits per heavy atom. The molecule has 0 saturated carbocycles. The maximum absolute atomic E-state index is 6.38. The van der Waals surface area contributed by atoms with Gasteiger partial charge in [-0.3, -0.25) is 4.90 Å². The van der Waals surface area contributed by atoms with Crippen LogP contribution in [-0.2, 0) is 33.9 Å². The van der Waals surface area contributed by atoms with Crippen LogP contribution in [0.2, 0.25) is 0 Å². The van der Waals surface area contributed by atoms with E-state index in [2.05, 4.69) is 65.6 Å². The molecule has 0 N–H and O–H groups in total. The van der Waals surface area contributed by atoms with E-state index >= 15 is 0 Å². The lowest BCUT2D eigenvalue weighted by atomic mass is 10.0. The molecule has 0 fully saturated rings. The van der Waals surface area contributed by atoms with Crippen molar-refractivity contribution in [3.05, 3.63) is 120 Å². The standard InChI is InChI=1S/C27H29NO3/c1-29-27-26(25(17-18-30-27)31-21-24-15-9-4-10-16-24)28(19-22-11-5-2-6-12-22)20-23-13-7-3-8-14-23/h2-18,25-27H,19-21H2,1H3/t25-,26+,27-/m0/s1. The van der Waals surface area contributed by atoms with Crippen LogP contribution >= 0.6 is 0 Å². The zero-order chi connectivity index (χ0) is 21.3. The summed E-state index contributed by atoms with van der Waals surface area (Å²) in [5, 5.41) is 0. The highest BCUT2D eigenvalue weighted by Crippen LogP contribution is 2.26. The van der Waals surface area contributed by atoms with Crippen molar-refractivity contribution in [2.45, 2.75) is 38.1 Å². The van der Waals surface area contributed by atoms with Gasteiger partial charge in [-0.25, -0.2) is 0 Å². The van der Waals surface area contributed by atoms with Gasteiger partial charge in [-0.1, -0.05) is 91.0 Å². The van der Waals surface area contributed by atoms with Gasteiger partial charge in [0.25, 0.3) is 0 Å². The van der Waals surface area contributed by atoms with Crippen LogP contribution in [0.4, 0.5) is 0 Å². The number of hydrogen-bond donors (Lipinski definition) is 0. The highest BCUT2D eigenvalue weighted by atomic mass is 16.7. The molecular weight excluding hydrogens is 386 g/mol. The van der Waals surface area contributed by atoms with Gasteiger partial charge in [-0.2, -0.15) is 0 Å². The first-order chi connectivity index (χ1) is 15.3. The van der Waals surface area contributed by atoms with Crippen LogP contribution in [-0.4, -0.2) is 30.4 Å². The molecule has 0 amide bonds. The Hall–Kier alpha value is -2.92. The highest BCUT2D eigenvalue weighted by Gasteiger charge is 2.38. The summed E-state index contributed by atoms with van der Waals surface area (Å²) < 4.78 is 18.0. The molecule has 4 rings (SSSR count). The van der Waals surface area contributed by atoms with E-state index < -0.39 is 6.29 Å². The van der Waals surface area contributed by atoms with E-state index in [1.165, 1.54) is 11.1 Å². The number of hydrogen-bond acceptors (Lipinski definition) is 4. The molecule has 1 aliphatic heterocycles. The summed E-state index contributed by atoms with van der Waals surface area (Å²) in [7, 11) is 1.69. The smallest absolute Gasteiger partial charge is 0.217 e. The Bertz CT molecular complexity index is 889. The molecule has 0 saturated heterocycles. The predicted molar refractivity (Wildman–Crippen MR) is 122 cm³/mol. The van der Waals surface area contributed by atoms with Gasteiger partial charge >= 0.3 is 0 Å². The monoisotopic (exact) mass is 415 g/mol. The fourth-order valence-corrected chi connectivity index (χ4v) is 3.95. The van der Waals surface area contributed by atoms with Crippen molar-refractivity contribution < 1.29 is 14.2 Å². The van der Waals surface area contributed by atoms with E-state index in [-0.39, 0.29) is 12.1 Å². The molecule has 4 nitrogen and oxygen atoms in total. The summed E-state index contributed by atoms with van der Waals surface area (Å²) in [5.74, 6) is 0. The van der Waals surface area contributed by atoms with Crippen LogP contribution < -0.4 is 0 Å². The van der Waals surface area contributed by atoms with Crippen molar-refractivity contribution in [3.8, 4) is 0 Å². The van der Waals surface area contributed by atoms with Crippen molar-refractivity contribution in [1.29, 1.82) is 0 Å². The fraction of sp³-hybridized carbons (Fsp3) is 0.259. The van der Waals surface area contributed by atoms with Crippen LogP contribution in [0.3, 0.4) is 0 Å². The topological polar surface area (TPSA) is 30.9 Å². The predicted octanol–water partition coefficient (Wildman–Crippen LogP) is 5.16. The number of methoxy groups -OCH3 is 1. The Morgan fingerprint density at radius 2 is 1.26 bits per heavy atom. The van der Waals surface area contributed by atoms with Crippen LogP contribution in [0.5, 0.6) is 0 Å². The fourth-order valence-electron chi connectivity index (χ4n) is 3.95. The van der Waals surface area contributed by atoms with E-state index in [0.29, 0.717) is 6.61 Å². The van der Waals surface area contributed by atoms with Gasteiger partial charge < -0.3 is 14.2 Å². The molecule has 31 heavy (non-hydrogen) atoms. The minimum atomic E-state index is -0.418. The maximum atomic E-state index is 6.38. The molecule has 3 atom stereocenters. The largest absolute Gasteiger partial charge is 0.471 e. The van der Waals surface area contributed by atoms with Gasteiger partial charge in [-0.05, 0) is 22.8 Å². The molecule has 1 heterocycles. The van der Waals surface area contributed by atoms with Crippen LogP contribution in [0, 0.1) is 0 Å². The van der Waals surface area contributed by atoms with Crippen molar-refractivity contribution in [2.24, 2.45) is 0 Å². The van der Waals surface area contributed by atoms with Crippen LogP contribution in [0.25, 0.3) is 0 Å². The minimum absolute atomic E-state index is 0.0980. The lowest BCUT2D eigenvalue weighted by molar-refractivity contribution is -0.175. The first-order valence-electron chi connectivity index (χ1n) is 10.7. The molecule has 160 valence electrons. The van der Waals surface area contributed by atoms with Gasteiger partial charge in [0.05, 0.1) is 12.9 Å². The highest BCUT2D eigenvalue weighted by molar-refractivity contribution is 5.19. The molecule has 4 heteroatoms. The Morgan fingerprint density at radius 1 is 0.742 bits per heavy atom. The number of rotatable bonds is 9. The summed E-state index contributed by atoms with van der Waals surface area (Å²) in [6.07, 6.45) is 3.11. The summed E-state index contributed by atoms with van der Waals surface area (Å²) in [6.45, 7) is 2.07. The molecule has 1 aliphatic rings. The minimum Gasteiger partial charge on any atom is -0.471 e. The molecule has 0 bridgehead atoms. The second-order valence-electron chi connectivity index (χ2n) is 7.70. The third-order valence-electron chi connectivity index (χ3n) is 5.49. The van der Waals surface area contributed by atoms with E-state index in [1.54, 1.807) is 13.4 Å². The molecule has 3 aromatic rings. The SMILES string of the molecule is CO[C@H]1OC=C[C@H](OCc2ccccc2)[C@H]1N(Cc1ccccc1)Cc1ccccc1.